The normalized spacial score (nSPS) is 21.8. The van der Waals surface area contributed by atoms with Gasteiger partial charge in [-0.2, -0.15) is 0 Å². The van der Waals surface area contributed by atoms with Gasteiger partial charge in [-0.05, 0) is 38.3 Å². The molecule has 1 aromatic rings. The standard InChI is InChI=1S/C10H16BNO2S/c1-8-4-2-3-7-12(8)10-6-5-9(15-10)11(13)14/h5-6,8,13-14H,2-4,7H2,1H3. The van der Waals surface area contributed by atoms with Gasteiger partial charge >= 0.3 is 7.12 Å². The lowest BCUT2D eigenvalue weighted by Gasteiger charge is -2.34. The number of hydrogen-bond acceptors (Lipinski definition) is 4. The molecule has 2 N–H and O–H groups in total. The lowest BCUT2D eigenvalue weighted by Crippen LogP contribution is -2.36. The van der Waals surface area contributed by atoms with Crippen LogP contribution in [0.1, 0.15) is 26.2 Å². The first-order chi connectivity index (χ1) is 7.18. The van der Waals surface area contributed by atoms with E-state index < -0.39 is 7.12 Å². The third-order valence-electron chi connectivity index (χ3n) is 2.95. The first-order valence-corrected chi connectivity index (χ1v) is 6.22. The molecule has 0 amide bonds. The number of rotatable bonds is 2. The van der Waals surface area contributed by atoms with Crippen LogP contribution in [0.5, 0.6) is 0 Å². The Hall–Kier alpha value is -0.515. The highest BCUT2D eigenvalue weighted by Crippen LogP contribution is 2.27. The average molecular weight is 225 g/mol. The minimum atomic E-state index is -1.33. The predicted octanol–water partition coefficient (Wildman–Crippen LogP) is 0.807. The Morgan fingerprint density at radius 3 is 2.80 bits per heavy atom. The Labute approximate surface area is 94.5 Å². The molecule has 82 valence electrons. The number of anilines is 1. The summed E-state index contributed by atoms with van der Waals surface area (Å²) in [4.78, 5) is 2.36. The van der Waals surface area contributed by atoms with E-state index in [2.05, 4.69) is 11.8 Å². The highest BCUT2D eigenvalue weighted by molar-refractivity contribution is 7.25. The molecule has 3 nitrogen and oxygen atoms in total. The monoisotopic (exact) mass is 225 g/mol. The summed E-state index contributed by atoms with van der Waals surface area (Å²) < 4.78 is 0.628. The summed E-state index contributed by atoms with van der Waals surface area (Å²) in [6.45, 7) is 3.32. The Balaban J connectivity index is 2.13. The summed E-state index contributed by atoms with van der Waals surface area (Å²) in [6, 6.07) is 4.36. The number of hydrogen-bond donors (Lipinski definition) is 2. The molecule has 15 heavy (non-hydrogen) atoms. The van der Waals surface area contributed by atoms with E-state index in [0.29, 0.717) is 10.8 Å². The SMILES string of the molecule is CC1CCCCN1c1ccc(B(O)O)s1. The molecule has 0 aromatic carbocycles. The van der Waals surface area contributed by atoms with Crippen LogP contribution in [-0.4, -0.2) is 29.8 Å². The van der Waals surface area contributed by atoms with Gasteiger partial charge in [-0.15, -0.1) is 11.3 Å². The third-order valence-corrected chi connectivity index (χ3v) is 4.12. The predicted molar refractivity (Wildman–Crippen MR) is 64.8 cm³/mol. The van der Waals surface area contributed by atoms with E-state index in [1.807, 2.05) is 6.07 Å². The second-order valence-electron chi connectivity index (χ2n) is 4.09. The zero-order valence-electron chi connectivity index (χ0n) is 8.89. The molecule has 1 saturated heterocycles. The van der Waals surface area contributed by atoms with E-state index in [4.69, 9.17) is 10.0 Å². The van der Waals surface area contributed by atoms with Crippen LogP contribution in [0.3, 0.4) is 0 Å². The lowest BCUT2D eigenvalue weighted by molar-refractivity contribution is 0.427. The molecule has 1 aliphatic heterocycles. The van der Waals surface area contributed by atoms with Gasteiger partial charge in [-0.1, -0.05) is 0 Å². The summed E-state index contributed by atoms with van der Waals surface area (Å²) in [7, 11) is -1.33. The van der Waals surface area contributed by atoms with Crippen molar-refractivity contribution in [2.24, 2.45) is 0 Å². The van der Waals surface area contributed by atoms with Crippen LogP contribution in [0.2, 0.25) is 0 Å². The van der Waals surface area contributed by atoms with Crippen molar-refractivity contribution in [1.82, 2.24) is 0 Å². The van der Waals surface area contributed by atoms with Gasteiger partial charge in [-0.25, -0.2) is 0 Å². The highest BCUT2D eigenvalue weighted by atomic mass is 32.1. The van der Waals surface area contributed by atoms with Crippen molar-refractivity contribution in [2.45, 2.75) is 32.2 Å². The van der Waals surface area contributed by atoms with Crippen LogP contribution in [0.4, 0.5) is 5.00 Å². The van der Waals surface area contributed by atoms with Crippen molar-refractivity contribution in [3.8, 4) is 0 Å². The van der Waals surface area contributed by atoms with E-state index in [-0.39, 0.29) is 0 Å². The molecule has 0 radical (unpaired) electrons. The molecular weight excluding hydrogens is 209 g/mol. The minimum Gasteiger partial charge on any atom is -0.423 e. The zero-order valence-corrected chi connectivity index (χ0v) is 9.70. The highest BCUT2D eigenvalue weighted by Gasteiger charge is 2.22. The topological polar surface area (TPSA) is 43.7 Å². The van der Waals surface area contributed by atoms with Crippen molar-refractivity contribution < 1.29 is 10.0 Å². The van der Waals surface area contributed by atoms with Gasteiger partial charge in [0.1, 0.15) is 0 Å². The van der Waals surface area contributed by atoms with Crippen molar-refractivity contribution in [2.75, 3.05) is 11.4 Å². The molecule has 0 saturated carbocycles. The molecule has 1 fully saturated rings. The maximum absolute atomic E-state index is 9.05. The molecule has 0 bridgehead atoms. The maximum Gasteiger partial charge on any atom is 0.499 e. The fraction of sp³-hybridized carbons (Fsp3) is 0.600. The average Bonchev–Trinajstić information content (AvgIpc) is 2.67. The maximum atomic E-state index is 9.05. The molecule has 0 spiro atoms. The fourth-order valence-electron chi connectivity index (χ4n) is 2.06. The van der Waals surface area contributed by atoms with Crippen LogP contribution in [0, 0.1) is 0 Å². The third kappa shape index (κ3) is 2.35. The molecule has 1 aromatic heterocycles. The molecule has 1 aliphatic rings. The van der Waals surface area contributed by atoms with Gasteiger partial charge in [0.2, 0.25) is 0 Å². The Bertz CT molecular complexity index is 329. The van der Waals surface area contributed by atoms with E-state index >= 15 is 0 Å². The van der Waals surface area contributed by atoms with Crippen LogP contribution in [0.15, 0.2) is 12.1 Å². The summed E-state index contributed by atoms with van der Waals surface area (Å²) in [5.74, 6) is 0. The number of thiophene rings is 1. The van der Waals surface area contributed by atoms with Gasteiger partial charge in [0.05, 0.1) is 5.00 Å². The Morgan fingerprint density at radius 1 is 1.40 bits per heavy atom. The summed E-state index contributed by atoms with van der Waals surface area (Å²) in [6.07, 6.45) is 3.77. The Kier molecular flexibility index (Phi) is 3.33. The van der Waals surface area contributed by atoms with E-state index in [9.17, 15) is 0 Å². The van der Waals surface area contributed by atoms with Crippen molar-refractivity contribution in [3.05, 3.63) is 12.1 Å². The number of nitrogens with zero attached hydrogens (tertiary/aromatic N) is 1. The second kappa shape index (κ2) is 4.55. The van der Waals surface area contributed by atoms with E-state index in [1.165, 1.54) is 30.6 Å². The quantitative estimate of drug-likeness (QED) is 0.732. The molecule has 5 heteroatoms. The molecule has 2 rings (SSSR count). The van der Waals surface area contributed by atoms with E-state index in [1.54, 1.807) is 6.07 Å². The zero-order chi connectivity index (χ0) is 10.8. The van der Waals surface area contributed by atoms with Crippen molar-refractivity contribution >= 4 is 28.2 Å². The summed E-state index contributed by atoms with van der Waals surface area (Å²) >= 11 is 1.48. The van der Waals surface area contributed by atoms with Crippen molar-refractivity contribution in [1.29, 1.82) is 0 Å². The first-order valence-electron chi connectivity index (χ1n) is 5.41. The smallest absolute Gasteiger partial charge is 0.423 e. The molecule has 0 aliphatic carbocycles. The summed E-state index contributed by atoms with van der Waals surface area (Å²) in [5.41, 5.74) is 0. The van der Waals surface area contributed by atoms with Gasteiger partial charge in [0.25, 0.3) is 0 Å². The fourth-order valence-corrected chi connectivity index (χ4v) is 3.07. The molecule has 2 heterocycles. The molecule has 1 atom stereocenters. The largest absolute Gasteiger partial charge is 0.499 e. The first kappa shape index (κ1) is 11.0. The van der Waals surface area contributed by atoms with Crippen LogP contribution in [0.25, 0.3) is 0 Å². The van der Waals surface area contributed by atoms with Crippen molar-refractivity contribution in [3.63, 3.8) is 0 Å². The van der Waals surface area contributed by atoms with Gasteiger partial charge in [0.15, 0.2) is 0 Å². The van der Waals surface area contributed by atoms with E-state index in [0.717, 1.165) is 11.5 Å². The lowest BCUT2D eigenvalue weighted by atomic mass is 9.90. The summed E-state index contributed by atoms with van der Waals surface area (Å²) in [5, 5.41) is 19.3. The minimum absolute atomic E-state index is 0.570. The second-order valence-corrected chi connectivity index (χ2v) is 5.18. The molecular formula is C10H16BNO2S. The number of piperidine rings is 1. The van der Waals surface area contributed by atoms with Crippen LogP contribution >= 0.6 is 11.3 Å². The van der Waals surface area contributed by atoms with Gasteiger partial charge in [0, 0.05) is 17.4 Å². The van der Waals surface area contributed by atoms with Gasteiger partial charge in [-0.3, -0.25) is 0 Å². The Morgan fingerprint density at radius 2 is 2.20 bits per heavy atom. The molecule has 1 unspecified atom stereocenters. The van der Waals surface area contributed by atoms with Crippen LogP contribution < -0.4 is 9.68 Å². The van der Waals surface area contributed by atoms with Crippen LogP contribution in [-0.2, 0) is 0 Å². The van der Waals surface area contributed by atoms with Gasteiger partial charge < -0.3 is 14.9 Å².